The van der Waals surface area contributed by atoms with E-state index in [1.165, 1.54) is 35.2 Å². The van der Waals surface area contributed by atoms with Gasteiger partial charge in [-0.25, -0.2) is 9.07 Å². The first-order valence-corrected chi connectivity index (χ1v) is 9.79. The van der Waals surface area contributed by atoms with Gasteiger partial charge in [0.25, 0.3) is 5.91 Å². The molecule has 1 aliphatic heterocycles. The number of aromatic nitrogens is 2. The van der Waals surface area contributed by atoms with Gasteiger partial charge in [0.05, 0.1) is 12.2 Å². The number of nitrogens with zero attached hydrogens (tertiary/aromatic N) is 2. The molecule has 9 nitrogen and oxygen atoms in total. The molecule has 1 aliphatic rings. The van der Waals surface area contributed by atoms with Crippen LogP contribution < -0.4 is 20.7 Å². The Balaban J connectivity index is 1.53. The zero-order valence-corrected chi connectivity index (χ0v) is 17.0. The molecule has 10 heteroatoms. The normalized spacial score (nSPS) is 20.9. The van der Waals surface area contributed by atoms with E-state index in [9.17, 15) is 14.0 Å². The Kier molecular flexibility index (Phi) is 5.72. The lowest BCUT2D eigenvalue weighted by molar-refractivity contribution is -0.130. The molecule has 0 radical (unpaired) electrons. The monoisotopic (exact) mass is 427 g/mol. The minimum absolute atomic E-state index is 0.0969. The highest BCUT2D eigenvalue weighted by molar-refractivity contribution is 5.91. The first-order valence-electron chi connectivity index (χ1n) is 9.79. The molecule has 0 bridgehead atoms. The molecule has 4 rings (SSSR count). The zero-order valence-electron chi connectivity index (χ0n) is 17.0. The van der Waals surface area contributed by atoms with Crippen LogP contribution in [0.15, 0.2) is 53.1 Å². The first-order chi connectivity index (χ1) is 14.9. The fourth-order valence-electron chi connectivity index (χ4n) is 3.15. The molecule has 0 spiro atoms. The number of anilines is 1. The van der Waals surface area contributed by atoms with Gasteiger partial charge in [-0.3, -0.25) is 14.9 Å². The second-order valence-electron chi connectivity index (χ2n) is 7.28. The van der Waals surface area contributed by atoms with Gasteiger partial charge in [-0.2, -0.15) is 5.10 Å². The molecule has 1 fully saturated rings. The summed E-state index contributed by atoms with van der Waals surface area (Å²) in [6.07, 6.45) is 0.865. The number of amides is 2. The molecule has 162 valence electrons. The van der Waals surface area contributed by atoms with Gasteiger partial charge < -0.3 is 19.8 Å². The maximum Gasteiger partial charge on any atom is 0.263 e. The average molecular weight is 427 g/mol. The summed E-state index contributed by atoms with van der Waals surface area (Å²) in [4.78, 5) is 24.8. The molecular weight excluding hydrogens is 405 g/mol. The number of ether oxygens (including phenoxy) is 1. The van der Waals surface area contributed by atoms with Crippen molar-refractivity contribution in [1.82, 2.24) is 20.4 Å². The molecule has 31 heavy (non-hydrogen) atoms. The summed E-state index contributed by atoms with van der Waals surface area (Å²) in [5.74, 6) is 0.0582. The summed E-state index contributed by atoms with van der Waals surface area (Å²) in [5, 5.41) is 13.4. The minimum atomic E-state index is -0.657. The number of halogens is 1. The third-order valence-electron chi connectivity index (χ3n) is 5.07. The highest BCUT2D eigenvalue weighted by Crippen LogP contribution is 2.25. The molecule has 3 N–H and O–H groups in total. The van der Waals surface area contributed by atoms with Gasteiger partial charge in [-0.05, 0) is 43.3 Å². The fourth-order valence-corrected chi connectivity index (χ4v) is 3.15. The van der Waals surface area contributed by atoms with Crippen LogP contribution in [-0.4, -0.2) is 34.2 Å². The standard InChI is InChI=1S/C21H22FN5O4/c1-12-13(2)23-21(25-20(12)29)27-18(10-16(26-27)17-4-3-9-30-17)24-19(28)11-31-15-7-5-14(22)6-8-15/h3-10,12-13,21,23H,11H2,1-2H3,(H,24,28)(H,25,29). The first kappa shape index (κ1) is 20.6. The summed E-state index contributed by atoms with van der Waals surface area (Å²) in [7, 11) is 0. The van der Waals surface area contributed by atoms with E-state index in [0.717, 1.165) is 0 Å². The SMILES string of the molecule is CC1NC(n2nc(-c3ccco3)cc2NC(=O)COc2ccc(F)cc2)NC(=O)C1C. The Hall–Kier alpha value is -3.66. The molecule has 2 aromatic heterocycles. The molecule has 1 saturated heterocycles. The lowest BCUT2D eigenvalue weighted by Crippen LogP contribution is -2.57. The van der Waals surface area contributed by atoms with Crippen LogP contribution in [0.1, 0.15) is 20.1 Å². The van der Waals surface area contributed by atoms with Gasteiger partial charge in [0, 0.05) is 12.1 Å². The summed E-state index contributed by atoms with van der Waals surface area (Å²) in [6.45, 7) is 3.45. The van der Waals surface area contributed by atoms with Crippen molar-refractivity contribution in [1.29, 1.82) is 0 Å². The van der Waals surface area contributed by atoms with Crippen molar-refractivity contribution in [3.63, 3.8) is 0 Å². The summed E-state index contributed by atoms with van der Waals surface area (Å²) >= 11 is 0. The predicted molar refractivity (Wildman–Crippen MR) is 109 cm³/mol. The van der Waals surface area contributed by atoms with Crippen molar-refractivity contribution in [2.24, 2.45) is 5.92 Å². The largest absolute Gasteiger partial charge is 0.484 e. The van der Waals surface area contributed by atoms with E-state index < -0.39 is 18.0 Å². The molecule has 3 aromatic rings. The van der Waals surface area contributed by atoms with E-state index in [1.54, 1.807) is 18.2 Å². The number of carbonyl (C=O) groups excluding carboxylic acids is 2. The van der Waals surface area contributed by atoms with Crippen molar-refractivity contribution < 1.29 is 23.1 Å². The Bertz CT molecular complexity index is 1060. The predicted octanol–water partition coefficient (Wildman–Crippen LogP) is 2.50. The molecule has 3 atom stereocenters. The number of furan rings is 1. The van der Waals surface area contributed by atoms with Crippen molar-refractivity contribution in [2.45, 2.75) is 26.2 Å². The highest BCUT2D eigenvalue weighted by atomic mass is 19.1. The average Bonchev–Trinajstić information content (AvgIpc) is 3.41. The van der Waals surface area contributed by atoms with Crippen LogP contribution in [0, 0.1) is 11.7 Å². The van der Waals surface area contributed by atoms with Crippen LogP contribution in [0.25, 0.3) is 11.5 Å². The summed E-state index contributed by atoms with van der Waals surface area (Å²) in [6, 6.07) is 10.4. The highest BCUT2D eigenvalue weighted by Gasteiger charge is 2.32. The van der Waals surface area contributed by atoms with E-state index in [4.69, 9.17) is 9.15 Å². The second-order valence-corrected chi connectivity index (χ2v) is 7.28. The molecular formula is C21H22FN5O4. The van der Waals surface area contributed by atoms with E-state index in [0.29, 0.717) is 23.0 Å². The van der Waals surface area contributed by atoms with Gasteiger partial charge >= 0.3 is 0 Å². The van der Waals surface area contributed by atoms with Crippen molar-refractivity contribution >= 4 is 17.6 Å². The van der Waals surface area contributed by atoms with Crippen LogP contribution >= 0.6 is 0 Å². The van der Waals surface area contributed by atoms with Crippen molar-refractivity contribution in [3.8, 4) is 17.2 Å². The molecule has 3 heterocycles. The maximum absolute atomic E-state index is 13.0. The minimum Gasteiger partial charge on any atom is -0.484 e. The Morgan fingerprint density at radius 2 is 2.06 bits per heavy atom. The summed E-state index contributed by atoms with van der Waals surface area (Å²) in [5.41, 5.74) is 0.488. The van der Waals surface area contributed by atoms with Gasteiger partial charge in [0.2, 0.25) is 5.91 Å². The number of hydrogen-bond donors (Lipinski definition) is 3. The van der Waals surface area contributed by atoms with Gasteiger partial charge in [-0.1, -0.05) is 6.92 Å². The number of hydrogen-bond acceptors (Lipinski definition) is 6. The van der Waals surface area contributed by atoms with Crippen LogP contribution in [-0.2, 0) is 9.59 Å². The van der Waals surface area contributed by atoms with E-state index in [-0.39, 0.29) is 24.5 Å². The third-order valence-corrected chi connectivity index (χ3v) is 5.07. The van der Waals surface area contributed by atoms with E-state index in [2.05, 4.69) is 21.0 Å². The molecule has 1 aromatic carbocycles. The third kappa shape index (κ3) is 4.58. The van der Waals surface area contributed by atoms with E-state index >= 15 is 0 Å². The van der Waals surface area contributed by atoms with Crippen LogP contribution in [0.5, 0.6) is 5.75 Å². The van der Waals surface area contributed by atoms with Crippen LogP contribution in [0.4, 0.5) is 10.2 Å². The molecule has 0 aliphatic carbocycles. The fraction of sp³-hybridized carbons (Fsp3) is 0.286. The van der Waals surface area contributed by atoms with Crippen molar-refractivity contribution in [2.75, 3.05) is 11.9 Å². The Morgan fingerprint density at radius 1 is 1.29 bits per heavy atom. The quantitative estimate of drug-likeness (QED) is 0.558. The number of nitrogens with one attached hydrogen (secondary N) is 3. The lowest BCUT2D eigenvalue weighted by atomic mass is 10.0. The topological polar surface area (TPSA) is 110 Å². The molecule has 2 amide bonds. The number of carbonyl (C=O) groups is 2. The molecule has 0 saturated carbocycles. The number of rotatable bonds is 6. The zero-order chi connectivity index (χ0) is 22.0. The van der Waals surface area contributed by atoms with Gasteiger partial charge in [0.15, 0.2) is 18.7 Å². The summed E-state index contributed by atoms with van der Waals surface area (Å²) < 4.78 is 25.3. The van der Waals surface area contributed by atoms with Gasteiger partial charge in [0.1, 0.15) is 23.1 Å². The lowest BCUT2D eigenvalue weighted by Gasteiger charge is -2.34. The smallest absolute Gasteiger partial charge is 0.263 e. The van der Waals surface area contributed by atoms with Crippen molar-refractivity contribution in [3.05, 3.63) is 54.5 Å². The Labute approximate surface area is 177 Å². The van der Waals surface area contributed by atoms with Crippen LogP contribution in [0.3, 0.4) is 0 Å². The van der Waals surface area contributed by atoms with Gasteiger partial charge in [-0.15, -0.1) is 0 Å². The van der Waals surface area contributed by atoms with Crippen LogP contribution in [0.2, 0.25) is 0 Å². The van der Waals surface area contributed by atoms with E-state index in [1.807, 2.05) is 13.8 Å². The Morgan fingerprint density at radius 3 is 2.74 bits per heavy atom. The maximum atomic E-state index is 13.0. The molecule has 3 unspecified atom stereocenters. The second kappa shape index (κ2) is 8.60. The number of benzene rings is 1.